The first-order valence-corrected chi connectivity index (χ1v) is 7.98. The number of nitrogens with zero attached hydrogens (tertiary/aromatic N) is 1. The van der Waals surface area contributed by atoms with Crippen molar-refractivity contribution < 1.29 is 4.79 Å². The SMILES string of the molecule is CC(C)c1nc(CCNC(=O)Cc2ccc(N)cc2)cs1. The summed E-state index contributed by atoms with van der Waals surface area (Å²) in [6, 6.07) is 7.38. The number of amides is 1. The minimum atomic E-state index is 0.0269. The maximum Gasteiger partial charge on any atom is 0.224 e. The zero-order chi connectivity index (χ0) is 15.2. The van der Waals surface area contributed by atoms with Gasteiger partial charge in [-0.05, 0) is 17.7 Å². The molecule has 112 valence electrons. The summed E-state index contributed by atoms with van der Waals surface area (Å²) in [7, 11) is 0. The van der Waals surface area contributed by atoms with Crippen molar-refractivity contribution in [3.63, 3.8) is 0 Å². The van der Waals surface area contributed by atoms with Gasteiger partial charge in [-0.2, -0.15) is 0 Å². The van der Waals surface area contributed by atoms with E-state index in [4.69, 9.17) is 5.73 Å². The Balaban J connectivity index is 1.74. The Hall–Kier alpha value is -1.88. The van der Waals surface area contributed by atoms with E-state index in [2.05, 4.69) is 29.5 Å². The molecule has 0 saturated heterocycles. The van der Waals surface area contributed by atoms with Gasteiger partial charge in [0, 0.05) is 30.0 Å². The Morgan fingerprint density at radius 2 is 2.05 bits per heavy atom. The molecular weight excluding hydrogens is 282 g/mol. The third kappa shape index (κ3) is 4.86. The summed E-state index contributed by atoms with van der Waals surface area (Å²) < 4.78 is 0. The summed E-state index contributed by atoms with van der Waals surface area (Å²) in [5.74, 6) is 0.489. The van der Waals surface area contributed by atoms with E-state index in [1.54, 1.807) is 11.3 Å². The highest BCUT2D eigenvalue weighted by molar-refractivity contribution is 7.09. The third-order valence-corrected chi connectivity index (χ3v) is 4.31. The zero-order valence-corrected chi connectivity index (χ0v) is 13.2. The fourth-order valence-corrected chi connectivity index (χ4v) is 2.79. The van der Waals surface area contributed by atoms with Crippen LogP contribution in [-0.2, 0) is 17.6 Å². The van der Waals surface area contributed by atoms with E-state index in [1.165, 1.54) is 0 Å². The summed E-state index contributed by atoms with van der Waals surface area (Å²) in [4.78, 5) is 16.4. The van der Waals surface area contributed by atoms with Crippen LogP contribution >= 0.6 is 11.3 Å². The molecule has 0 atom stereocenters. The summed E-state index contributed by atoms with van der Waals surface area (Å²) in [5, 5.41) is 6.15. The second-order valence-corrected chi connectivity index (χ2v) is 6.24. The van der Waals surface area contributed by atoms with Gasteiger partial charge in [0.05, 0.1) is 17.1 Å². The fourth-order valence-electron chi connectivity index (χ4n) is 1.92. The van der Waals surface area contributed by atoms with Crippen molar-refractivity contribution in [3.05, 3.63) is 45.9 Å². The highest BCUT2D eigenvalue weighted by atomic mass is 32.1. The predicted molar refractivity (Wildman–Crippen MR) is 87.5 cm³/mol. The number of hydrogen-bond acceptors (Lipinski definition) is 4. The first kappa shape index (κ1) is 15.5. The maximum atomic E-state index is 11.8. The van der Waals surface area contributed by atoms with Crippen LogP contribution in [0.2, 0.25) is 0 Å². The molecule has 0 aliphatic heterocycles. The predicted octanol–water partition coefficient (Wildman–Crippen LogP) is 2.75. The average molecular weight is 303 g/mol. The third-order valence-electron chi connectivity index (χ3n) is 3.11. The standard InChI is InChI=1S/C16H21N3OS/c1-11(2)16-19-14(10-21-16)7-8-18-15(20)9-12-3-5-13(17)6-4-12/h3-6,10-11H,7-9,17H2,1-2H3,(H,18,20). The normalized spacial score (nSPS) is 10.8. The summed E-state index contributed by atoms with van der Waals surface area (Å²) in [6.07, 6.45) is 1.16. The van der Waals surface area contributed by atoms with Crippen LogP contribution in [0.15, 0.2) is 29.6 Å². The number of nitrogens with one attached hydrogen (secondary N) is 1. The summed E-state index contributed by atoms with van der Waals surface area (Å²) in [5.41, 5.74) is 8.35. The van der Waals surface area contributed by atoms with Crippen LogP contribution < -0.4 is 11.1 Å². The van der Waals surface area contributed by atoms with Crippen molar-refractivity contribution in [2.45, 2.75) is 32.6 Å². The van der Waals surface area contributed by atoms with Gasteiger partial charge in [0.1, 0.15) is 0 Å². The topological polar surface area (TPSA) is 68.0 Å². The van der Waals surface area contributed by atoms with Crippen LogP contribution in [-0.4, -0.2) is 17.4 Å². The lowest BCUT2D eigenvalue weighted by Gasteiger charge is -2.04. The number of thiazole rings is 1. The Labute approximate surface area is 129 Å². The fraction of sp³-hybridized carbons (Fsp3) is 0.375. The summed E-state index contributed by atoms with van der Waals surface area (Å²) >= 11 is 1.68. The number of anilines is 1. The average Bonchev–Trinajstić information content (AvgIpc) is 2.90. The lowest BCUT2D eigenvalue weighted by Crippen LogP contribution is -2.27. The minimum absolute atomic E-state index is 0.0269. The quantitative estimate of drug-likeness (QED) is 0.806. The van der Waals surface area contributed by atoms with E-state index >= 15 is 0 Å². The van der Waals surface area contributed by atoms with Crippen LogP contribution in [0.5, 0.6) is 0 Å². The van der Waals surface area contributed by atoms with Gasteiger partial charge in [-0.3, -0.25) is 4.79 Å². The molecular formula is C16H21N3OS. The molecule has 2 aromatic rings. The molecule has 0 aliphatic rings. The van der Waals surface area contributed by atoms with E-state index in [-0.39, 0.29) is 5.91 Å². The number of benzene rings is 1. The smallest absolute Gasteiger partial charge is 0.224 e. The van der Waals surface area contributed by atoms with E-state index in [1.807, 2.05) is 24.3 Å². The first-order valence-electron chi connectivity index (χ1n) is 7.10. The number of carbonyl (C=O) groups excluding carboxylic acids is 1. The van der Waals surface area contributed by atoms with Crippen LogP contribution in [0.3, 0.4) is 0 Å². The second-order valence-electron chi connectivity index (χ2n) is 5.35. The Morgan fingerprint density at radius 1 is 1.33 bits per heavy atom. The number of nitrogen functional groups attached to an aromatic ring is 1. The molecule has 0 radical (unpaired) electrons. The van der Waals surface area contributed by atoms with E-state index in [9.17, 15) is 4.79 Å². The first-order chi connectivity index (χ1) is 10.0. The van der Waals surface area contributed by atoms with Crippen LogP contribution in [0.25, 0.3) is 0 Å². The highest BCUT2D eigenvalue weighted by Crippen LogP contribution is 2.19. The van der Waals surface area contributed by atoms with E-state index in [0.717, 1.165) is 22.7 Å². The number of carbonyl (C=O) groups is 1. The van der Waals surface area contributed by atoms with Gasteiger partial charge in [-0.1, -0.05) is 26.0 Å². The molecule has 0 saturated carbocycles. The van der Waals surface area contributed by atoms with Gasteiger partial charge >= 0.3 is 0 Å². The van der Waals surface area contributed by atoms with Gasteiger partial charge in [0.15, 0.2) is 0 Å². The second kappa shape index (κ2) is 7.22. The van der Waals surface area contributed by atoms with Gasteiger partial charge < -0.3 is 11.1 Å². The van der Waals surface area contributed by atoms with Crippen molar-refractivity contribution in [1.29, 1.82) is 0 Å². The van der Waals surface area contributed by atoms with E-state index in [0.29, 0.717) is 24.6 Å². The molecule has 4 nitrogen and oxygen atoms in total. The molecule has 0 aliphatic carbocycles. The molecule has 1 aromatic heterocycles. The monoisotopic (exact) mass is 303 g/mol. The number of rotatable bonds is 6. The molecule has 0 fully saturated rings. The Morgan fingerprint density at radius 3 is 2.67 bits per heavy atom. The summed E-state index contributed by atoms with van der Waals surface area (Å²) in [6.45, 7) is 4.89. The lowest BCUT2D eigenvalue weighted by molar-refractivity contribution is -0.120. The van der Waals surface area contributed by atoms with E-state index < -0.39 is 0 Å². The van der Waals surface area contributed by atoms with Crippen molar-refractivity contribution >= 4 is 22.9 Å². The molecule has 1 amide bonds. The number of nitrogens with two attached hydrogens (primary N) is 1. The number of hydrogen-bond donors (Lipinski definition) is 2. The van der Waals surface area contributed by atoms with Crippen molar-refractivity contribution in [1.82, 2.24) is 10.3 Å². The molecule has 2 rings (SSSR count). The molecule has 1 heterocycles. The molecule has 0 unspecified atom stereocenters. The van der Waals surface area contributed by atoms with Crippen molar-refractivity contribution in [2.24, 2.45) is 0 Å². The molecule has 0 bridgehead atoms. The van der Waals surface area contributed by atoms with Gasteiger partial charge in [0.25, 0.3) is 0 Å². The van der Waals surface area contributed by atoms with Gasteiger partial charge in [0.2, 0.25) is 5.91 Å². The van der Waals surface area contributed by atoms with Gasteiger partial charge in [-0.15, -0.1) is 11.3 Å². The molecule has 21 heavy (non-hydrogen) atoms. The maximum absolute atomic E-state index is 11.8. The number of aromatic nitrogens is 1. The lowest BCUT2D eigenvalue weighted by atomic mass is 10.1. The Bertz CT molecular complexity index is 590. The largest absolute Gasteiger partial charge is 0.399 e. The van der Waals surface area contributed by atoms with Crippen LogP contribution in [0, 0.1) is 0 Å². The zero-order valence-electron chi connectivity index (χ0n) is 12.4. The van der Waals surface area contributed by atoms with Crippen molar-refractivity contribution in [3.8, 4) is 0 Å². The van der Waals surface area contributed by atoms with Crippen LogP contribution in [0.1, 0.15) is 36.0 Å². The Kier molecular flexibility index (Phi) is 5.33. The molecule has 3 N–H and O–H groups in total. The minimum Gasteiger partial charge on any atom is -0.399 e. The van der Waals surface area contributed by atoms with Crippen molar-refractivity contribution in [2.75, 3.05) is 12.3 Å². The highest BCUT2D eigenvalue weighted by Gasteiger charge is 2.07. The molecule has 0 spiro atoms. The van der Waals surface area contributed by atoms with Crippen LogP contribution in [0.4, 0.5) is 5.69 Å². The molecule has 5 heteroatoms. The molecule has 1 aromatic carbocycles. The van der Waals surface area contributed by atoms with Gasteiger partial charge in [-0.25, -0.2) is 4.98 Å².